The lowest BCUT2D eigenvalue weighted by atomic mass is 9.86. The molecule has 0 fully saturated rings. The van der Waals surface area contributed by atoms with E-state index in [-0.39, 0.29) is 5.41 Å². The molecule has 0 atom stereocenters. The fourth-order valence-corrected chi connectivity index (χ4v) is 1.63. The van der Waals surface area contributed by atoms with Crippen molar-refractivity contribution in [3.8, 4) is 0 Å². The Hall–Kier alpha value is -1.11. The van der Waals surface area contributed by atoms with Gasteiger partial charge in [-0.1, -0.05) is 52.0 Å². The van der Waals surface area contributed by atoms with E-state index in [1.807, 2.05) is 13.8 Å². The Labute approximate surface area is 92.5 Å². The molecular weight excluding hydrogens is 184 g/mol. The molecule has 1 nitrogen and oxygen atoms in total. The van der Waals surface area contributed by atoms with E-state index in [0.29, 0.717) is 5.92 Å². The number of aldehydes is 1. The van der Waals surface area contributed by atoms with Gasteiger partial charge in [0.2, 0.25) is 0 Å². The maximum absolute atomic E-state index is 10.8. The Bertz CT molecular complexity index is 337. The maximum Gasteiger partial charge on any atom is 0.125 e. The summed E-state index contributed by atoms with van der Waals surface area (Å²) in [7, 11) is 0. The van der Waals surface area contributed by atoms with Crippen LogP contribution in [0.25, 0.3) is 0 Å². The molecular formula is C14H20O. The number of carbonyl (C=O) groups is 1. The summed E-state index contributed by atoms with van der Waals surface area (Å²) in [4.78, 5) is 10.8. The molecule has 82 valence electrons. The fraction of sp³-hybridized carbons (Fsp3) is 0.500. The summed E-state index contributed by atoms with van der Waals surface area (Å²) in [5, 5.41) is 0. The molecule has 1 aromatic rings. The van der Waals surface area contributed by atoms with E-state index in [2.05, 4.69) is 38.1 Å². The van der Waals surface area contributed by atoms with Crippen molar-refractivity contribution in [1.29, 1.82) is 0 Å². The van der Waals surface area contributed by atoms with Crippen molar-refractivity contribution in [3.05, 3.63) is 35.4 Å². The zero-order valence-corrected chi connectivity index (χ0v) is 10.1. The fourth-order valence-electron chi connectivity index (χ4n) is 1.63. The first kappa shape index (κ1) is 12.0. The van der Waals surface area contributed by atoms with Gasteiger partial charge in [0, 0.05) is 5.41 Å². The first-order chi connectivity index (χ1) is 6.94. The zero-order valence-electron chi connectivity index (χ0n) is 10.1. The second-order valence-corrected chi connectivity index (χ2v) is 5.18. The number of carbonyl (C=O) groups excluding carboxylic acids is 1. The van der Waals surface area contributed by atoms with Gasteiger partial charge in [-0.2, -0.15) is 0 Å². The van der Waals surface area contributed by atoms with Gasteiger partial charge in [-0.3, -0.25) is 0 Å². The van der Waals surface area contributed by atoms with E-state index in [1.54, 1.807) is 0 Å². The van der Waals surface area contributed by atoms with Crippen LogP contribution in [0.5, 0.6) is 0 Å². The molecule has 1 aromatic carbocycles. The highest BCUT2D eigenvalue weighted by Gasteiger charge is 2.17. The van der Waals surface area contributed by atoms with Crippen LogP contribution >= 0.6 is 0 Å². The minimum Gasteiger partial charge on any atom is -0.303 e. The molecule has 0 heterocycles. The van der Waals surface area contributed by atoms with Crippen LogP contribution in [0, 0.1) is 5.41 Å². The highest BCUT2D eigenvalue weighted by Crippen LogP contribution is 2.22. The van der Waals surface area contributed by atoms with E-state index in [0.717, 1.165) is 12.7 Å². The Balaban J connectivity index is 2.87. The van der Waals surface area contributed by atoms with Gasteiger partial charge in [0.1, 0.15) is 6.29 Å². The van der Waals surface area contributed by atoms with Gasteiger partial charge in [0.05, 0.1) is 0 Å². The molecule has 0 saturated heterocycles. The molecule has 0 unspecified atom stereocenters. The van der Waals surface area contributed by atoms with E-state index in [4.69, 9.17) is 0 Å². The summed E-state index contributed by atoms with van der Waals surface area (Å²) >= 11 is 0. The Morgan fingerprint density at radius 3 is 2.53 bits per heavy atom. The van der Waals surface area contributed by atoms with Crippen LogP contribution in [0.4, 0.5) is 0 Å². The molecule has 0 N–H and O–H groups in total. The summed E-state index contributed by atoms with van der Waals surface area (Å²) in [6, 6.07) is 8.51. The van der Waals surface area contributed by atoms with Crippen molar-refractivity contribution in [2.75, 3.05) is 0 Å². The van der Waals surface area contributed by atoms with Crippen LogP contribution in [-0.4, -0.2) is 6.29 Å². The van der Waals surface area contributed by atoms with Crippen molar-refractivity contribution in [2.45, 2.75) is 40.0 Å². The van der Waals surface area contributed by atoms with Gasteiger partial charge in [0.15, 0.2) is 0 Å². The van der Waals surface area contributed by atoms with E-state index in [9.17, 15) is 4.79 Å². The lowest BCUT2D eigenvalue weighted by molar-refractivity contribution is -0.114. The predicted molar refractivity (Wildman–Crippen MR) is 64.1 cm³/mol. The average Bonchev–Trinajstić information content (AvgIpc) is 2.17. The summed E-state index contributed by atoms with van der Waals surface area (Å²) < 4.78 is 0. The predicted octanol–water partition coefficient (Wildman–Crippen LogP) is 3.58. The van der Waals surface area contributed by atoms with Crippen molar-refractivity contribution in [2.24, 2.45) is 5.41 Å². The lowest BCUT2D eigenvalue weighted by Gasteiger charge is -2.17. The normalized spacial score (nSPS) is 11.8. The standard InChI is InChI=1S/C14H20O/c1-11(2)13-7-5-6-12(8-13)9-14(3,4)10-15/h5-8,10-11H,9H2,1-4H3. The zero-order chi connectivity index (χ0) is 11.5. The van der Waals surface area contributed by atoms with Gasteiger partial charge < -0.3 is 4.79 Å². The highest BCUT2D eigenvalue weighted by atomic mass is 16.1. The highest BCUT2D eigenvalue weighted by molar-refractivity contribution is 5.58. The second-order valence-electron chi connectivity index (χ2n) is 5.18. The SMILES string of the molecule is CC(C)c1cccc(CC(C)(C)C=O)c1. The quantitative estimate of drug-likeness (QED) is 0.685. The monoisotopic (exact) mass is 204 g/mol. The molecule has 1 heteroatoms. The molecule has 0 aliphatic rings. The van der Waals surface area contributed by atoms with Crippen LogP contribution in [0.15, 0.2) is 24.3 Å². The van der Waals surface area contributed by atoms with Crippen LogP contribution in [0.3, 0.4) is 0 Å². The number of rotatable bonds is 4. The number of hydrogen-bond acceptors (Lipinski definition) is 1. The Morgan fingerprint density at radius 2 is 2.00 bits per heavy atom. The van der Waals surface area contributed by atoms with Crippen molar-refractivity contribution < 1.29 is 4.79 Å². The summed E-state index contributed by atoms with van der Waals surface area (Å²) in [5.41, 5.74) is 2.34. The van der Waals surface area contributed by atoms with Gasteiger partial charge >= 0.3 is 0 Å². The van der Waals surface area contributed by atoms with Crippen LogP contribution in [0.1, 0.15) is 44.7 Å². The lowest BCUT2D eigenvalue weighted by Crippen LogP contribution is -2.16. The van der Waals surface area contributed by atoms with E-state index < -0.39 is 0 Å². The first-order valence-electron chi connectivity index (χ1n) is 5.50. The van der Waals surface area contributed by atoms with Gasteiger partial charge in [0.25, 0.3) is 0 Å². The molecule has 1 rings (SSSR count). The second kappa shape index (κ2) is 4.61. The third-order valence-electron chi connectivity index (χ3n) is 2.60. The molecule has 0 spiro atoms. The average molecular weight is 204 g/mol. The Morgan fingerprint density at radius 1 is 1.33 bits per heavy atom. The van der Waals surface area contributed by atoms with Crippen molar-refractivity contribution in [3.63, 3.8) is 0 Å². The number of benzene rings is 1. The van der Waals surface area contributed by atoms with Crippen LogP contribution < -0.4 is 0 Å². The summed E-state index contributed by atoms with van der Waals surface area (Å²) in [5.74, 6) is 0.546. The number of hydrogen-bond donors (Lipinski definition) is 0. The topological polar surface area (TPSA) is 17.1 Å². The third-order valence-corrected chi connectivity index (χ3v) is 2.60. The molecule has 0 radical (unpaired) electrons. The molecule has 0 amide bonds. The van der Waals surface area contributed by atoms with Gasteiger partial charge in [-0.05, 0) is 23.5 Å². The van der Waals surface area contributed by atoms with Crippen molar-refractivity contribution >= 4 is 6.29 Å². The molecule has 0 aliphatic carbocycles. The largest absolute Gasteiger partial charge is 0.303 e. The first-order valence-corrected chi connectivity index (χ1v) is 5.50. The molecule has 15 heavy (non-hydrogen) atoms. The van der Waals surface area contributed by atoms with Crippen LogP contribution in [0.2, 0.25) is 0 Å². The summed E-state index contributed by atoms with van der Waals surface area (Å²) in [6.07, 6.45) is 1.85. The third kappa shape index (κ3) is 3.50. The molecule has 0 aliphatic heterocycles. The molecule has 0 bridgehead atoms. The van der Waals surface area contributed by atoms with Gasteiger partial charge in [-0.15, -0.1) is 0 Å². The Kier molecular flexibility index (Phi) is 3.67. The smallest absolute Gasteiger partial charge is 0.125 e. The van der Waals surface area contributed by atoms with E-state index >= 15 is 0 Å². The van der Waals surface area contributed by atoms with Crippen LogP contribution in [-0.2, 0) is 11.2 Å². The minimum absolute atomic E-state index is 0.254. The molecule has 0 saturated carbocycles. The summed E-state index contributed by atoms with van der Waals surface area (Å²) in [6.45, 7) is 8.32. The maximum atomic E-state index is 10.8. The minimum atomic E-state index is -0.254. The van der Waals surface area contributed by atoms with Gasteiger partial charge in [-0.25, -0.2) is 0 Å². The molecule has 0 aromatic heterocycles. The van der Waals surface area contributed by atoms with Crippen molar-refractivity contribution in [1.82, 2.24) is 0 Å². The van der Waals surface area contributed by atoms with E-state index in [1.165, 1.54) is 11.1 Å².